The summed E-state index contributed by atoms with van der Waals surface area (Å²) in [6.07, 6.45) is 1.40. The quantitative estimate of drug-likeness (QED) is 0.373. The van der Waals surface area contributed by atoms with Crippen LogP contribution in [0.2, 0.25) is 0 Å². The van der Waals surface area contributed by atoms with Crippen LogP contribution in [0.3, 0.4) is 0 Å². The third-order valence-electron chi connectivity index (χ3n) is 4.27. The van der Waals surface area contributed by atoms with E-state index in [1.807, 2.05) is 49.4 Å². The van der Waals surface area contributed by atoms with Gasteiger partial charge in [0, 0.05) is 10.0 Å². The maximum Gasteiger partial charge on any atom is 0.262 e. The molecule has 0 unspecified atom stereocenters. The van der Waals surface area contributed by atoms with Gasteiger partial charge in [0.1, 0.15) is 23.3 Å². The second kappa shape index (κ2) is 10.6. The van der Waals surface area contributed by atoms with E-state index in [1.165, 1.54) is 6.21 Å². The second-order valence-corrected chi connectivity index (χ2v) is 7.66. The molecule has 3 rings (SSSR count). The van der Waals surface area contributed by atoms with Crippen LogP contribution in [0.5, 0.6) is 5.75 Å². The number of nitrogens with zero attached hydrogens (tertiary/aromatic N) is 1. The van der Waals surface area contributed by atoms with E-state index in [2.05, 4.69) is 31.8 Å². The molecule has 2 aromatic carbocycles. The van der Waals surface area contributed by atoms with Crippen LogP contribution in [0.25, 0.3) is 11.3 Å². The number of ether oxygens (including phenoxy) is 1. The summed E-state index contributed by atoms with van der Waals surface area (Å²) in [7, 11) is 0. The Balaban J connectivity index is 1.47. The topological polar surface area (TPSA) is 92.9 Å². The minimum absolute atomic E-state index is 0.186. The molecule has 0 aliphatic carbocycles. The summed E-state index contributed by atoms with van der Waals surface area (Å²) in [5, 5.41) is 6.45. The van der Waals surface area contributed by atoms with E-state index in [0.717, 1.165) is 15.6 Å². The zero-order valence-electron chi connectivity index (χ0n) is 17.1. The first-order valence-electron chi connectivity index (χ1n) is 9.59. The van der Waals surface area contributed by atoms with Gasteiger partial charge in [-0.25, -0.2) is 5.43 Å². The van der Waals surface area contributed by atoms with E-state index < -0.39 is 17.9 Å². The Kier molecular flexibility index (Phi) is 7.61. The van der Waals surface area contributed by atoms with Gasteiger partial charge in [0.25, 0.3) is 11.8 Å². The number of halogens is 1. The maximum absolute atomic E-state index is 12.1. The third kappa shape index (κ3) is 6.55. The van der Waals surface area contributed by atoms with Gasteiger partial charge in [-0.3, -0.25) is 9.59 Å². The first-order valence-corrected chi connectivity index (χ1v) is 10.4. The first-order chi connectivity index (χ1) is 14.9. The van der Waals surface area contributed by atoms with Gasteiger partial charge in [-0.15, -0.1) is 0 Å². The minimum atomic E-state index is -0.778. The van der Waals surface area contributed by atoms with E-state index in [0.29, 0.717) is 17.3 Å². The summed E-state index contributed by atoms with van der Waals surface area (Å²) in [6.45, 7) is 3.39. The lowest BCUT2D eigenvalue weighted by Crippen LogP contribution is -2.45. The van der Waals surface area contributed by atoms with Crippen LogP contribution in [0.4, 0.5) is 0 Å². The second-order valence-electron chi connectivity index (χ2n) is 6.81. The van der Waals surface area contributed by atoms with Crippen LogP contribution in [0, 0.1) is 6.92 Å². The third-order valence-corrected chi connectivity index (χ3v) is 4.92. The largest absolute Gasteiger partial charge is 0.484 e. The Bertz CT molecular complexity index is 1080. The molecule has 0 radical (unpaired) electrons. The standard InChI is InChI=1S/C23H22BrN3O4/c1-15-8-10-19(20(24)12-15)21-11-9-18(31-21)13-25-27-23(29)16(2)26-22(28)14-30-17-6-4-3-5-7-17/h3-13,16H,14H2,1-2H3,(H,26,28)(H,27,29)/b25-13-/t16-/m0/s1. The van der Waals surface area contributed by atoms with E-state index >= 15 is 0 Å². The highest BCUT2D eigenvalue weighted by Crippen LogP contribution is 2.30. The normalized spacial score (nSPS) is 11.8. The smallest absolute Gasteiger partial charge is 0.262 e. The Morgan fingerprint density at radius 3 is 2.68 bits per heavy atom. The molecule has 0 fully saturated rings. The highest BCUT2D eigenvalue weighted by atomic mass is 79.9. The van der Waals surface area contributed by atoms with Crippen molar-refractivity contribution in [3.8, 4) is 17.1 Å². The molecule has 8 heteroatoms. The highest BCUT2D eigenvalue weighted by molar-refractivity contribution is 9.10. The number of carbonyl (C=O) groups excluding carboxylic acids is 2. The Hall–Kier alpha value is -3.39. The fraction of sp³-hybridized carbons (Fsp3) is 0.174. The van der Waals surface area contributed by atoms with E-state index in [1.54, 1.807) is 25.1 Å². The average Bonchev–Trinajstić information content (AvgIpc) is 3.21. The predicted molar refractivity (Wildman–Crippen MR) is 122 cm³/mol. The number of hydrogen-bond donors (Lipinski definition) is 2. The molecule has 1 heterocycles. The van der Waals surface area contributed by atoms with Gasteiger partial charge >= 0.3 is 0 Å². The maximum atomic E-state index is 12.1. The van der Waals surface area contributed by atoms with Gasteiger partial charge < -0.3 is 14.5 Å². The minimum Gasteiger partial charge on any atom is -0.484 e. The van der Waals surface area contributed by atoms with E-state index in [4.69, 9.17) is 9.15 Å². The SMILES string of the molecule is Cc1ccc(-c2ccc(/C=N\NC(=O)[C@H](C)NC(=O)COc3ccccc3)o2)c(Br)c1. The van der Waals surface area contributed by atoms with Crippen molar-refractivity contribution in [1.29, 1.82) is 0 Å². The number of hydrazone groups is 1. The molecule has 2 N–H and O–H groups in total. The Morgan fingerprint density at radius 1 is 1.16 bits per heavy atom. The summed E-state index contributed by atoms with van der Waals surface area (Å²) in [5.74, 6) is 0.872. The van der Waals surface area contributed by atoms with E-state index in [-0.39, 0.29) is 6.61 Å². The highest BCUT2D eigenvalue weighted by Gasteiger charge is 2.15. The van der Waals surface area contributed by atoms with Crippen molar-refractivity contribution in [2.45, 2.75) is 19.9 Å². The van der Waals surface area contributed by atoms with Gasteiger partial charge in [0.05, 0.1) is 6.21 Å². The monoisotopic (exact) mass is 483 g/mol. The Labute approximate surface area is 188 Å². The van der Waals surface area contributed by atoms with Crippen molar-refractivity contribution >= 4 is 34.0 Å². The lowest BCUT2D eigenvalue weighted by molar-refractivity contribution is -0.129. The lowest BCUT2D eigenvalue weighted by atomic mass is 10.1. The molecule has 0 bridgehead atoms. The van der Waals surface area contributed by atoms with Crippen molar-refractivity contribution in [3.63, 3.8) is 0 Å². The van der Waals surface area contributed by atoms with Gasteiger partial charge in [0.2, 0.25) is 0 Å². The molecule has 0 saturated heterocycles. The summed E-state index contributed by atoms with van der Waals surface area (Å²) >= 11 is 3.53. The molecule has 2 amide bonds. The summed E-state index contributed by atoms with van der Waals surface area (Å²) < 4.78 is 12.0. The number of carbonyl (C=O) groups is 2. The van der Waals surface area contributed by atoms with Gasteiger partial charge in [-0.2, -0.15) is 5.10 Å². The number of hydrogen-bond acceptors (Lipinski definition) is 5. The zero-order chi connectivity index (χ0) is 22.2. The fourth-order valence-corrected chi connectivity index (χ4v) is 3.35. The van der Waals surface area contributed by atoms with Crippen LogP contribution in [0.1, 0.15) is 18.2 Å². The predicted octanol–water partition coefficient (Wildman–Crippen LogP) is 4.05. The van der Waals surface area contributed by atoms with Crippen molar-refractivity contribution in [1.82, 2.24) is 10.7 Å². The van der Waals surface area contributed by atoms with Crippen molar-refractivity contribution in [2.75, 3.05) is 6.61 Å². The van der Waals surface area contributed by atoms with Gasteiger partial charge in [0.15, 0.2) is 6.61 Å². The molecular formula is C23H22BrN3O4. The molecule has 0 saturated carbocycles. The Morgan fingerprint density at radius 2 is 1.94 bits per heavy atom. The average molecular weight is 484 g/mol. The molecule has 3 aromatic rings. The summed E-state index contributed by atoms with van der Waals surface area (Å²) in [6, 6.07) is 17.7. The molecule has 0 spiro atoms. The number of amides is 2. The zero-order valence-corrected chi connectivity index (χ0v) is 18.7. The number of rotatable bonds is 8. The first kappa shape index (κ1) is 22.3. The van der Waals surface area contributed by atoms with Gasteiger partial charge in [-0.1, -0.05) is 40.2 Å². The van der Waals surface area contributed by atoms with E-state index in [9.17, 15) is 9.59 Å². The molecule has 0 aliphatic rings. The molecule has 7 nitrogen and oxygen atoms in total. The summed E-state index contributed by atoms with van der Waals surface area (Å²) in [4.78, 5) is 24.1. The molecule has 1 aromatic heterocycles. The van der Waals surface area contributed by atoms with Crippen LogP contribution in [-0.4, -0.2) is 30.7 Å². The lowest BCUT2D eigenvalue weighted by Gasteiger charge is -2.12. The van der Waals surface area contributed by atoms with Gasteiger partial charge in [-0.05, 0) is 55.8 Å². The number of benzene rings is 2. The molecule has 160 valence electrons. The van der Waals surface area contributed by atoms with Crippen LogP contribution < -0.4 is 15.5 Å². The summed E-state index contributed by atoms with van der Waals surface area (Å²) in [5.41, 5.74) is 4.44. The van der Waals surface area contributed by atoms with Crippen LogP contribution in [0.15, 0.2) is 74.7 Å². The number of aryl methyl sites for hydroxylation is 1. The van der Waals surface area contributed by atoms with Crippen molar-refractivity contribution in [2.24, 2.45) is 5.10 Å². The van der Waals surface area contributed by atoms with Crippen molar-refractivity contribution < 1.29 is 18.7 Å². The fourth-order valence-electron chi connectivity index (χ4n) is 2.66. The number of furan rings is 1. The van der Waals surface area contributed by atoms with Crippen LogP contribution in [-0.2, 0) is 9.59 Å². The molecular weight excluding hydrogens is 462 g/mol. The van der Waals surface area contributed by atoms with Crippen molar-refractivity contribution in [3.05, 3.63) is 76.5 Å². The number of para-hydroxylation sites is 1. The number of nitrogens with one attached hydrogen (secondary N) is 2. The molecule has 1 atom stereocenters. The molecule has 0 aliphatic heterocycles. The van der Waals surface area contributed by atoms with Crippen LogP contribution >= 0.6 is 15.9 Å². The molecule has 31 heavy (non-hydrogen) atoms.